The molecule has 2 fully saturated rings. The number of aliphatic hydroxyl groups is 2. The van der Waals surface area contributed by atoms with E-state index in [0.29, 0.717) is 18.8 Å². The Balaban J connectivity index is 1.77. The molecule has 0 bridgehead atoms. The van der Waals surface area contributed by atoms with Crippen molar-refractivity contribution >= 4 is 17.6 Å². The molecule has 1 unspecified atom stereocenters. The molecule has 5 atom stereocenters. The number of aliphatic hydroxyl groups excluding tert-OH is 2. The van der Waals surface area contributed by atoms with Gasteiger partial charge in [0.2, 0.25) is 0 Å². The normalized spacial score (nSPS) is 30.2. The minimum atomic E-state index is -0.728. The van der Waals surface area contributed by atoms with Crippen molar-refractivity contribution in [1.82, 2.24) is 0 Å². The molecule has 162 valence electrons. The number of halogens is 1. The zero-order valence-electron chi connectivity index (χ0n) is 17.5. The Kier molecular flexibility index (Phi) is 9.30. The fourth-order valence-electron chi connectivity index (χ4n) is 5.00. The van der Waals surface area contributed by atoms with Gasteiger partial charge in [0, 0.05) is 17.7 Å². The summed E-state index contributed by atoms with van der Waals surface area (Å²) in [6.07, 6.45) is 13.0. The summed E-state index contributed by atoms with van der Waals surface area (Å²) in [5.41, 5.74) is 0.122. The van der Waals surface area contributed by atoms with E-state index in [0.717, 1.165) is 51.4 Å². The smallest absolute Gasteiger partial charge is 0.303 e. The molecule has 2 aliphatic rings. The molecule has 0 heterocycles. The highest BCUT2D eigenvalue weighted by Crippen LogP contribution is 2.54. The molecule has 0 amide bonds. The fraction of sp³-hybridized carbons (Fsp3) is 0.870. The van der Waals surface area contributed by atoms with E-state index in [1.807, 2.05) is 0 Å². The first-order chi connectivity index (χ1) is 13.2. The molecule has 0 aliphatic heterocycles. The molecule has 2 rings (SSSR count). The molecular weight excluding hydrogens is 376 g/mol. The number of carboxylic acids is 1. The lowest BCUT2D eigenvalue weighted by Gasteiger charge is -2.24. The van der Waals surface area contributed by atoms with Crippen LogP contribution in [0.25, 0.3) is 0 Å². The fourth-order valence-corrected chi connectivity index (χ4v) is 5.48. The Morgan fingerprint density at radius 2 is 1.89 bits per heavy atom. The minimum absolute atomic E-state index is 0.00990. The van der Waals surface area contributed by atoms with Gasteiger partial charge in [-0.25, -0.2) is 0 Å². The van der Waals surface area contributed by atoms with Gasteiger partial charge in [0.15, 0.2) is 0 Å². The van der Waals surface area contributed by atoms with Crippen LogP contribution in [-0.2, 0) is 4.79 Å². The number of carboxylic acid groups (broad SMARTS) is 1. The van der Waals surface area contributed by atoms with Gasteiger partial charge in [-0.15, -0.1) is 11.6 Å². The van der Waals surface area contributed by atoms with E-state index < -0.39 is 12.1 Å². The van der Waals surface area contributed by atoms with Crippen LogP contribution in [0.3, 0.4) is 0 Å². The Labute approximate surface area is 175 Å². The Hall–Kier alpha value is -0.580. The number of hydrogen-bond acceptors (Lipinski definition) is 3. The summed E-state index contributed by atoms with van der Waals surface area (Å²) >= 11 is 6.51. The largest absolute Gasteiger partial charge is 0.481 e. The predicted octanol–water partition coefficient (Wildman–Crippen LogP) is 5.15. The van der Waals surface area contributed by atoms with Gasteiger partial charge in [-0.05, 0) is 62.2 Å². The molecule has 2 aliphatic carbocycles. The molecular formula is C23H39ClO4. The maximum atomic E-state index is 10.6. The maximum Gasteiger partial charge on any atom is 0.303 e. The molecule has 0 aromatic carbocycles. The third kappa shape index (κ3) is 7.03. The van der Waals surface area contributed by atoms with Gasteiger partial charge in [-0.2, -0.15) is 0 Å². The van der Waals surface area contributed by atoms with E-state index in [2.05, 4.69) is 26.0 Å². The second-order valence-corrected chi connectivity index (χ2v) is 10.1. The summed E-state index contributed by atoms with van der Waals surface area (Å²) in [7, 11) is 0. The monoisotopic (exact) mass is 414 g/mol. The lowest BCUT2D eigenvalue weighted by atomic mass is 9.86. The van der Waals surface area contributed by atoms with Crippen molar-refractivity contribution in [3.8, 4) is 0 Å². The van der Waals surface area contributed by atoms with E-state index in [1.54, 1.807) is 0 Å². The van der Waals surface area contributed by atoms with Crippen LogP contribution in [0.2, 0.25) is 0 Å². The molecule has 0 spiro atoms. The van der Waals surface area contributed by atoms with Crippen molar-refractivity contribution in [2.45, 2.75) is 102 Å². The van der Waals surface area contributed by atoms with Crippen molar-refractivity contribution in [3.63, 3.8) is 0 Å². The minimum Gasteiger partial charge on any atom is -0.481 e. The molecule has 0 aromatic heterocycles. The van der Waals surface area contributed by atoms with Crippen molar-refractivity contribution in [2.24, 2.45) is 23.2 Å². The molecule has 5 heteroatoms. The lowest BCUT2D eigenvalue weighted by Crippen LogP contribution is -2.23. The number of unbranched alkanes of at least 4 members (excludes halogenated alkanes) is 3. The van der Waals surface area contributed by atoms with Crippen molar-refractivity contribution < 1.29 is 20.1 Å². The van der Waals surface area contributed by atoms with Crippen molar-refractivity contribution in [3.05, 3.63) is 12.2 Å². The molecule has 4 nitrogen and oxygen atoms in total. The molecule has 0 saturated heterocycles. The molecule has 0 aromatic rings. The summed E-state index contributed by atoms with van der Waals surface area (Å²) in [5.74, 6) is 0.201. The molecule has 2 saturated carbocycles. The van der Waals surface area contributed by atoms with Crippen LogP contribution in [-0.4, -0.2) is 38.9 Å². The summed E-state index contributed by atoms with van der Waals surface area (Å²) in [6.45, 7) is 4.43. The van der Waals surface area contributed by atoms with Gasteiger partial charge in [0.1, 0.15) is 0 Å². The number of alkyl halides is 1. The topological polar surface area (TPSA) is 77.8 Å². The third-order valence-corrected chi connectivity index (χ3v) is 7.18. The van der Waals surface area contributed by atoms with E-state index in [4.69, 9.17) is 16.7 Å². The summed E-state index contributed by atoms with van der Waals surface area (Å²) in [6, 6.07) is 0. The molecule has 28 heavy (non-hydrogen) atoms. The maximum absolute atomic E-state index is 10.6. The van der Waals surface area contributed by atoms with Crippen LogP contribution in [0, 0.1) is 23.2 Å². The third-order valence-electron chi connectivity index (χ3n) is 6.68. The van der Waals surface area contributed by atoms with Crippen LogP contribution in [0.5, 0.6) is 0 Å². The molecule has 3 N–H and O–H groups in total. The van der Waals surface area contributed by atoms with Gasteiger partial charge in [0.05, 0.1) is 12.2 Å². The number of rotatable bonds is 13. The molecule has 0 radical (unpaired) electrons. The van der Waals surface area contributed by atoms with E-state index in [1.165, 1.54) is 0 Å². The van der Waals surface area contributed by atoms with Crippen LogP contribution in [0.15, 0.2) is 12.2 Å². The van der Waals surface area contributed by atoms with E-state index in [-0.39, 0.29) is 35.2 Å². The summed E-state index contributed by atoms with van der Waals surface area (Å²) in [4.78, 5) is 10.6. The average Bonchev–Trinajstić information content (AvgIpc) is 3.32. The SMILES string of the molecule is CC(C)CC1(C(O)C/C=C/[C@@H]2[C@@H](CCCCCCC(=O)O)[C@H](Cl)C[C@H]2O)CC1. The number of carbonyl (C=O) groups is 1. The average molecular weight is 415 g/mol. The van der Waals surface area contributed by atoms with Gasteiger partial charge in [-0.3, -0.25) is 4.79 Å². The van der Waals surface area contributed by atoms with Gasteiger partial charge >= 0.3 is 5.97 Å². The van der Waals surface area contributed by atoms with Gasteiger partial charge in [0.25, 0.3) is 0 Å². The van der Waals surface area contributed by atoms with Crippen LogP contribution in [0.4, 0.5) is 0 Å². The van der Waals surface area contributed by atoms with Gasteiger partial charge < -0.3 is 15.3 Å². The van der Waals surface area contributed by atoms with E-state index >= 15 is 0 Å². The van der Waals surface area contributed by atoms with Crippen molar-refractivity contribution in [1.29, 1.82) is 0 Å². The second kappa shape index (κ2) is 11.0. The first-order valence-corrected chi connectivity index (χ1v) is 11.6. The first-order valence-electron chi connectivity index (χ1n) is 11.1. The highest BCUT2D eigenvalue weighted by Gasteiger charge is 2.48. The Morgan fingerprint density at radius 3 is 2.50 bits per heavy atom. The first kappa shape index (κ1) is 23.7. The Morgan fingerprint density at radius 1 is 1.21 bits per heavy atom. The standard InChI is InChI=1S/C23H39ClO4/c1-16(2)15-23(12-13-23)21(26)10-7-9-18-17(19(24)14-20(18)25)8-5-3-4-6-11-22(27)28/h7,9,16-21,25-26H,3-6,8,10-15H2,1-2H3,(H,27,28)/b9-7+/t17-,18-,19-,20-,21?/m1/s1. The zero-order valence-corrected chi connectivity index (χ0v) is 18.3. The number of hydrogen-bond donors (Lipinski definition) is 3. The Bertz CT molecular complexity index is 515. The van der Waals surface area contributed by atoms with Crippen LogP contribution in [0.1, 0.15) is 84.5 Å². The predicted molar refractivity (Wildman–Crippen MR) is 113 cm³/mol. The van der Waals surface area contributed by atoms with Crippen LogP contribution >= 0.6 is 11.6 Å². The quantitative estimate of drug-likeness (QED) is 0.221. The van der Waals surface area contributed by atoms with E-state index in [9.17, 15) is 15.0 Å². The highest BCUT2D eigenvalue weighted by molar-refractivity contribution is 6.21. The summed E-state index contributed by atoms with van der Waals surface area (Å²) < 4.78 is 0. The summed E-state index contributed by atoms with van der Waals surface area (Å²) in [5, 5.41) is 29.7. The second-order valence-electron chi connectivity index (χ2n) is 9.55. The number of aliphatic carboxylic acids is 1. The highest BCUT2D eigenvalue weighted by atomic mass is 35.5. The lowest BCUT2D eigenvalue weighted by molar-refractivity contribution is -0.137. The zero-order chi connectivity index (χ0) is 20.7. The van der Waals surface area contributed by atoms with Gasteiger partial charge in [-0.1, -0.05) is 45.3 Å². The van der Waals surface area contributed by atoms with Crippen molar-refractivity contribution in [2.75, 3.05) is 0 Å². The van der Waals surface area contributed by atoms with Crippen LogP contribution < -0.4 is 0 Å².